The van der Waals surface area contributed by atoms with Crippen molar-refractivity contribution < 1.29 is 52.6 Å². The van der Waals surface area contributed by atoms with Gasteiger partial charge < -0.3 is 19.1 Å². The van der Waals surface area contributed by atoms with Crippen LogP contribution < -0.4 is 15.4 Å². The van der Waals surface area contributed by atoms with Gasteiger partial charge in [0.1, 0.15) is 22.6 Å². The SMILES string of the molecule is CC(C)(C)CN(Cc1ccc(C(C)(C)C)cc1)C(=O)c1ccc2cc(OC(=O)c3ccc(N=C(NC(=O)OC(C)(C)C)NC(=O)OC(C)(C)C)cc3)ccc2n1.O=C=O.O=C=O. The molecular weight excluding hydrogens is 799 g/mol. The van der Waals surface area contributed by atoms with E-state index in [1.54, 1.807) is 71.9 Å². The molecule has 330 valence electrons. The zero-order chi connectivity index (χ0) is 47.1. The second-order valence-corrected chi connectivity index (χ2v) is 18.0. The van der Waals surface area contributed by atoms with Gasteiger partial charge in [-0.15, -0.1) is 0 Å². The van der Waals surface area contributed by atoms with Crippen LogP contribution in [0.4, 0.5) is 15.3 Å². The maximum Gasteiger partial charge on any atom is 0.414 e. The van der Waals surface area contributed by atoms with E-state index in [0.717, 1.165) is 5.56 Å². The van der Waals surface area contributed by atoms with Crippen molar-refractivity contribution in [3.63, 3.8) is 0 Å². The van der Waals surface area contributed by atoms with Crippen molar-refractivity contribution in [2.24, 2.45) is 10.4 Å². The summed E-state index contributed by atoms with van der Waals surface area (Å²) < 4.78 is 16.2. The van der Waals surface area contributed by atoms with Gasteiger partial charge in [0.15, 0.2) is 0 Å². The number of hydrogen-bond donors (Lipinski definition) is 2. The molecule has 4 rings (SSSR count). The lowest BCUT2D eigenvalue weighted by molar-refractivity contribution is -0.193. The summed E-state index contributed by atoms with van der Waals surface area (Å²) in [5.41, 5.74) is 2.04. The number of alkyl carbamates (subject to hydrolysis) is 2. The van der Waals surface area contributed by atoms with Crippen LogP contribution in [-0.4, -0.2) is 70.0 Å². The summed E-state index contributed by atoms with van der Waals surface area (Å²) in [6.07, 6.45) is -1.16. The Morgan fingerprint density at radius 2 is 1.19 bits per heavy atom. The summed E-state index contributed by atoms with van der Waals surface area (Å²) in [5, 5.41) is 5.54. The van der Waals surface area contributed by atoms with Gasteiger partial charge in [-0.2, -0.15) is 19.2 Å². The van der Waals surface area contributed by atoms with Crippen molar-refractivity contribution in [3.8, 4) is 5.75 Å². The number of fused-ring (bicyclic) bond motifs is 1. The van der Waals surface area contributed by atoms with Crippen LogP contribution in [0.3, 0.4) is 0 Å². The Balaban J connectivity index is 0.00000208. The fourth-order valence-electron chi connectivity index (χ4n) is 5.41. The van der Waals surface area contributed by atoms with Crippen molar-refractivity contribution in [3.05, 3.63) is 101 Å². The number of carbonyl (C=O) groups excluding carboxylic acids is 8. The molecule has 16 heteroatoms. The number of amides is 3. The van der Waals surface area contributed by atoms with Gasteiger partial charge in [-0.3, -0.25) is 15.4 Å². The average Bonchev–Trinajstić information content (AvgIpc) is 3.12. The van der Waals surface area contributed by atoms with Crippen molar-refractivity contribution in [1.82, 2.24) is 20.5 Å². The lowest BCUT2D eigenvalue weighted by atomic mass is 9.86. The molecule has 16 nitrogen and oxygen atoms in total. The summed E-state index contributed by atoms with van der Waals surface area (Å²) in [5.74, 6) is -0.722. The number of guanidine groups is 1. The molecule has 3 amide bonds. The van der Waals surface area contributed by atoms with Crippen LogP contribution in [0.1, 0.15) is 115 Å². The van der Waals surface area contributed by atoms with Gasteiger partial charge in [-0.25, -0.2) is 24.4 Å². The Morgan fingerprint density at radius 1 is 0.677 bits per heavy atom. The number of ether oxygens (including phenoxy) is 3. The van der Waals surface area contributed by atoms with E-state index in [9.17, 15) is 19.2 Å². The predicted molar refractivity (Wildman–Crippen MR) is 228 cm³/mol. The lowest BCUT2D eigenvalue weighted by Gasteiger charge is -2.30. The number of aromatic nitrogens is 1. The molecule has 4 aromatic rings. The number of pyridine rings is 1. The molecule has 0 atom stereocenters. The van der Waals surface area contributed by atoms with Crippen molar-refractivity contribution in [2.75, 3.05) is 6.54 Å². The number of nitrogens with zero attached hydrogens (tertiary/aromatic N) is 3. The molecule has 0 aliphatic heterocycles. The number of carbonyl (C=O) groups is 4. The van der Waals surface area contributed by atoms with Crippen LogP contribution in [-0.2, 0) is 40.6 Å². The second kappa shape index (κ2) is 22.0. The fraction of sp³-hybridized carbons (Fsp3) is 0.391. The highest BCUT2D eigenvalue weighted by Crippen LogP contribution is 2.26. The third-order valence-corrected chi connectivity index (χ3v) is 7.82. The molecule has 0 bridgehead atoms. The minimum absolute atomic E-state index is 0.0356. The highest BCUT2D eigenvalue weighted by molar-refractivity contribution is 6.02. The van der Waals surface area contributed by atoms with Gasteiger partial charge in [-0.05, 0) is 112 Å². The molecule has 0 saturated heterocycles. The Bertz CT molecular complexity index is 2240. The number of nitrogens with one attached hydrogen (secondary N) is 2. The topological polar surface area (TPSA) is 217 Å². The Kier molecular flexibility index (Phi) is 18.1. The second-order valence-electron chi connectivity index (χ2n) is 18.0. The minimum atomic E-state index is -0.832. The third-order valence-electron chi connectivity index (χ3n) is 7.82. The molecule has 2 N–H and O–H groups in total. The van der Waals surface area contributed by atoms with Crippen molar-refractivity contribution >= 4 is 58.9 Å². The van der Waals surface area contributed by atoms with Gasteiger partial charge >= 0.3 is 30.5 Å². The molecule has 3 aromatic carbocycles. The maximum atomic E-state index is 13.9. The third kappa shape index (κ3) is 18.5. The van der Waals surface area contributed by atoms with Crippen LogP contribution in [0.25, 0.3) is 10.9 Å². The highest BCUT2D eigenvalue weighted by Gasteiger charge is 2.25. The van der Waals surface area contributed by atoms with Crippen LogP contribution >= 0.6 is 0 Å². The van der Waals surface area contributed by atoms with E-state index in [4.69, 9.17) is 33.4 Å². The van der Waals surface area contributed by atoms with Crippen LogP contribution in [0.5, 0.6) is 5.75 Å². The van der Waals surface area contributed by atoms with E-state index < -0.39 is 29.4 Å². The molecule has 62 heavy (non-hydrogen) atoms. The first kappa shape index (κ1) is 51.1. The largest absolute Gasteiger partial charge is 0.444 e. The van der Waals surface area contributed by atoms with Gasteiger partial charge in [-0.1, -0.05) is 71.9 Å². The monoisotopic (exact) mass is 853 g/mol. The fourth-order valence-corrected chi connectivity index (χ4v) is 5.41. The molecular formula is C46H55N5O11. The molecule has 0 radical (unpaired) electrons. The Morgan fingerprint density at radius 3 is 1.66 bits per heavy atom. The molecule has 0 unspecified atom stereocenters. The van der Waals surface area contributed by atoms with Gasteiger partial charge in [0.2, 0.25) is 5.96 Å². The van der Waals surface area contributed by atoms with E-state index in [1.807, 2.05) is 4.90 Å². The number of esters is 1. The van der Waals surface area contributed by atoms with E-state index >= 15 is 0 Å². The first-order valence-corrected chi connectivity index (χ1v) is 19.4. The minimum Gasteiger partial charge on any atom is -0.444 e. The summed E-state index contributed by atoms with van der Waals surface area (Å²) in [4.78, 5) is 95.2. The van der Waals surface area contributed by atoms with E-state index in [-0.39, 0.29) is 40.6 Å². The molecule has 0 fully saturated rings. The first-order chi connectivity index (χ1) is 28.7. The molecule has 1 aromatic heterocycles. The molecule has 0 saturated carbocycles. The zero-order valence-corrected chi connectivity index (χ0v) is 37.3. The van der Waals surface area contributed by atoms with E-state index in [0.29, 0.717) is 41.1 Å². The van der Waals surface area contributed by atoms with Crippen LogP contribution in [0.15, 0.2) is 83.9 Å². The van der Waals surface area contributed by atoms with Crippen molar-refractivity contribution in [1.29, 1.82) is 0 Å². The van der Waals surface area contributed by atoms with Crippen molar-refractivity contribution in [2.45, 2.75) is 106 Å². The van der Waals surface area contributed by atoms with Gasteiger partial charge in [0, 0.05) is 18.5 Å². The number of aliphatic imine (C=N–C) groups is 1. The molecule has 0 spiro atoms. The summed E-state index contributed by atoms with van der Waals surface area (Å²) in [6, 6.07) is 23.0. The Labute approximate surface area is 361 Å². The first-order valence-electron chi connectivity index (χ1n) is 19.4. The maximum absolute atomic E-state index is 13.9. The van der Waals surface area contributed by atoms with E-state index in [1.165, 1.54) is 29.8 Å². The van der Waals surface area contributed by atoms with Gasteiger partial charge in [0.25, 0.3) is 5.91 Å². The zero-order valence-electron chi connectivity index (χ0n) is 37.3. The van der Waals surface area contributed by atoms with Crippen LogP contribution in [0, 0.1) is 5.41 Å². The Hall–Kier alpha value is -7.02. The smallest absolute Gasteiger partial charge is 0.414 e. The summed E-state index contributed by atoms with van der Waals surface area (Å²) in [7, 11) is 0. The quantitative estimate of drug-likeness (QED) is 0.0777. The normalized spacial score (nSPS) is 11.1. The lowest BCUT2D eigenvalue weighted by Crippen LogP contribution is -2.47. The number of rotatable bonds is 7. The predicted octanol–water partition coefficient (Wildman–Crippen LogP) is 8.31. The van der Waals surface area contributed by atoms with Gasteiger partial charge in [0.05, 0.1) is 16.8 Å². The number of benzene rings is 3. The summed E-state index contributed by atoms with van der Waals surface area (Å²) >= 11 is 0. The standard InChI is InChI=1S/C44H55N5O7.2CO2/c1-41(2,3)27-49(26-28-13-18-31(19-14-28)42(4,5)6)36(50)35-23-17-30-25-33(22-24-34(30)46-35)54-37(51)29-15-20-32(21-16-29)45-38(47-39(52)55-43(7,8)9)48-40(53)56-44(10,11)12;2*2-1-3/h13-25H,26-27H2,1-12H3,(H2,45,47,48,52,53);;. The number of hydrogen-bond acceptors (Lipinski definition) is 13. The molecule has 1 heterocycles. The van der Waals surface area contributed by atoms with Crippen LogP contribution in [0.2, 0.25) is 0 Å². The summed E-state index contributed by atoms with van der Waals surface area (Å²) in [6.45, 7) is 24.0. The molecule has 0 aliphatic rings. The molecule has 0 aliphatic carbocycles. The highest BCUT2D eigenvalue weighted by atomic mass is 16.6. The van der Waals surface area contributed by atoms with E-state index in [2.05, 4.69) is 86.4 Å². The average molecular weight is 854 g/mol.